The van der Waals surface area contributed by atoms with Crippen molar-refractivity contribution in [3.05, 3.63) is 69.4 Å². The molecular weight excluding hydrogens is 335 g/mol. The molecule has 2 aromatic rings. The maximum absolute atomic E-state index is 13.5. The average Bonchev–Trinajstić information content (AvgIpc) is 2.50. The van der Waals surface area contributed by atoms with Gasteiger partial charge in [0.05, 0.1) is 21.7 Å². The summed E-state index contributed by atoms with van der Waals surface area (Å²) in [7, 11) is 1.65. The minimum atomic E-state index is -0.465. The van der Waals surface area contributed by atoms with Crippen LogP contribution in [0.2, 0.25) is 0 Å². The maximum Gasteiger partial charge on any atom is 0.255 e. The summed E-state index contributed by atoms with van der Waals surface area (Å²) in [5, 5.41) is 8.75. The number of nitriles is 1. The minimum Gasteiger partial charge on any atom is -0.337 e. The smallest absolute Gasteiger partial charge is 0.255 e. The molecule has 0 aliphatic rings. The predicted octanol–water partition coefficient (Wildman–Crippen LogP) is 3.73. The molecule has 0 atom stereocenters. The quantitative estimate of drug-likeness (QED) is 0.849. The van der Waals surface area contributed by atoms with Crippen molar-refractivity contribution in [3.63, 3.8) is 0 Å². The summed E-state index contributed by atoms with van der Waals surface area (Å²) in [6.07, 6.45) is 0. The molecule has 2 aromatic carbocycles. The third-order valence-corrected chi connectivity index (χ3v) is 3.84. The standard InChI is InChI=1S/C16H12BrFN2O/c1-20(10-12-7-5-11(9-19)6-8-12)16(21)13-3-2-4-14(18)15(13)17/h2-8H,10H2,1H3. The number of benzene rings is 2. The molecule has 1 amide bonds. The number of carbonyl (C=O) groups excluding carboxylic acids is 1. The molecule has 0 heterocycles. The van der Waals surface area contributed by atoms with Gasteiger partial charge in [-0.15, -0.1) is 0 Å². The molecule has 0 radical (unpaired) electrons. The first-order valence-electron chi connectivity index (χ1n) is 6.21. The average molecular weight is 347 g/mol. The Hall–Kier alpha value is -2.19. The molecule has 0 N–H and O–H groups in total. The molecule has 3 nitrogen and oxygen atoms in total. The lowest BCUT2D eigenvalue weighted by Crippen LogP contribution is -2.26. The van der Waals surface area contributed by atoms with Gasteiger partial charge in [-0.2, -0.15) is 5.26 Å². The second-order valence-electron chi connectivity index (χ2n) is 4.57. The molecular formula is C16H12BrFN2O. The maximum atomic E-state index is 13.5. The predicted molar refractivity (Wildman–Crippen MR) is 81.1 cm³/mol. The van der Waals surface area contributed by atoms with Gasteiger partial charge in [0.25, 0.3) is 5.91 Å². The SMILES string of the molecule is CN(Cc1ccc(C#N)cc1)C(=O)c1cccc(F)c1Br. The van der Waals surface area contributed by atoms with Crippen LogP contribution in [0.1, 0.15) is 21.5 Å². The van der Waals surface area contributed by atoms with Gasteiger partial charge in [-0.05, 0) is 45.8 Å². The molecule has 0 fully saturated rings. The van der Waals surface area contributed by atoms with Crippen LogP contribution in [0.15, 0.2) is 46.9 Å². The van der Waals surface area contributed by atoms with Gasteiger partial charge in [-0.3, -0.25) is 4.79 Å². The molecule has 21 heavy (non-hydrogen) atoms. The summed E-state index contributed by atoms with van der Waals surface area (Å²) >= 11 is 3.09. The fourth-order valence-corrected chi connectivity index (χ4v) is 2.34. The van der Waals surface area contributed by atoms with Gasteiger partial charge in [0.1, 0.15) is 5.82 Å². The Labute approximate surface area is 130 Å². The second kappa shape index (κ2) is 6.51. The fourth-order valence-electron chi connectivity index (χ4n) is 1.90. The number of amides is 1. The Morgan fingerprint density at radius 1 is 1.29 bits per heavy atom. The van der Waals surface area contributed by atoms with E-state index in [-0.39, 0.29) is 15.9 Å². The summed E-state index contributed by atoms with van der Waals surface area (Å²) in [5.74, 6) is -0.738. The summed E-state index contributed by atoms with van der Waals surface area (Å²) in [6.45, 7) is 0.382. The van der Waals surface area contributed by atoms with E-state index in [0.717, 1.165) is 5.56 Å². The first-order chi connectivity index (χ1) is 10.0. The lowest BCUT2D eigenvalue weighted by Gasteiger charge is -2.18. The highest BCUT2D eigenvalue weighted by Crippen LogP contribution is 2.22. The molecule has 5 heteroatoms. The van der Waals surface area contributed by atoms with Crippen molar-refractivity contribution >= 4 is 21.8 Å². The summed E-state index contributed by atoms with van der Waals surface area (Å²) < 4.78 is 13.6. The Bertz CT molecular complexity index is 707. The lowest BCUT2D eigenvalue weighted by atomic mass is 10.1. The monoisotopic (exact) mass is 346 g/mol. The molecule has 0 unspecified atom stereocenters. The summed E-state index contributed by atoms with van der Waals surface area (Å²) in [5.41, 5.74) is 1.75. The zero-order valence-corrected chi connectivity index (χ0v) is 12.9. The van der Waals surface area contributed by atoms with Crippen LogP contribution in [0.4, 0.5) is 4.39 Å². The highest BCUT2D eigenvalue weighted by Gasteiger charge is 2.17. The lowest BCUT2D eigenvalue weighted by molar-refractivity contribution is 0.0783. The van der Waals surface area contributed by atoms with E-state index < -0.39 is 5.82 Å². The van der Waals surface area contributed by atoms with Gasteiger partial charge >= 0.3 is 0 Å². The van der Waals surface area contributed by atoms with Crippen molar-refractivity contribution in [2.45, 2.75) is 6.54 Å². The van der Waals surface area contributed by atoms with Crippen molar-refractivity contribution in [1.82, 2.24) is 4.90 Å². The van der Waals surface area contributed by atoms with Crippen LogP contribution in [-0.2, 0) is 6.54 Å². The number of rotatable bonds is 3. The molecule has 0 saturated heterocycles. The number of hydrogen-bond acceptors (Lipinski definition) is 2. The van der Waals surface area contributed by atoms with E-state index >= 15 is 0 Å². The summed E-state index contributed by atoms with van der Waals surface area (Å²) in [4.78, 5) is 13.8. The van der Waals surface area contributed by atoms with Crippen molar-refractivity contribution in [2.75, 3.05) is 7.05 Å². The van der Waals surface area contributed by atoms with Gasteiger partial charge < -0.3 is 4.90 Å². The van der Waals surface area contributed by atoms with Gasteiger partial charge in [0.15, 0.2) is 0 Å². The largest absolute Gasteiger partial charge is 0.337 e. The van der Waals surface area contributed by atoms with Crippen LogP contribution in [-0.4, -0.2) is 17.9 Å². The van der Waals surface area contributed by atoms with Crippen LogP contribution >= 0.6 is 15.9 Å². The van der Waals surface area contributed by atoms with Crippen LogP contribution in [0.3, 0.4) is 0 Å². The number of halogens is 2. The molecule has 0 spiro atoms. The van der Waals surface area contributed by atoms with E-state index in [1.165, 1.54) is 17.0 Å². The van der Waals surface area contributed by atoms with Crippen molar-refractivity contribution in [1.29, 1.82) is 5.26 Å². The number of nitrogens with zero attached hydrogens (tertiary/aromatic N) is 2. The Balaban J connectivity index is 2.15. The molecule has 106 valence electrons. The fraction of sp³-hybridized carbons (Fsp3) is 0.125. The molecule has 0 saturated carbocycles. The normalized spacial score (nSPS) is 10.0. The summed E-state index contributed by atoms with van der Waals surface area (Å²) in [6, 6.07) is 13.4. The van der Waals surface area contributed by atoms with Crippen LogP contribution in [0.25, 0.3) is 0 Å². The molecule has 0 aliphatic carbocycles. The highest BCUT2D eigenvalue weighted by molar-refractivity contribution is 9.10. The third-order valence-electron chi connectivity index (χ3n) is 3.03. The van der Waals surface area contributed by atoms with Crippen molar-refractivity contribution < 1.29 is 9.18 Å². The Morgan fingerprint density at radius 3 is 2.57 bits per heavy atom. The number of carbonyl (C=O) groups is 1. The van der Waals surface area contributed by atoms with E-state index in [1.54, 1.807) is 37.4 Å². The third kappa shape index (κ3) is 3.47. The van der Waals surface area contributed by atoms with Crippen LogP contribution in [0, 0.1) is 17.1 Å². The van der Waals surface area contributed by atoms with Crippen molar-refractivity contribution in [2.24, 2.45) is 0 Å². The first-order valence-corrected chi connectivity index (χ1v) is 7.00. The van der Waals surface area contributed by atoms with Gasteiger partial charge in [0.2, 0.25) is 0 Å². The highest BCUT2D eigenvalue weighted by atomic mass is 79.9. The van der Waals surface area contributed by atoms with Gasteiger partial charge in [-0.1, -0.05) is 18.2 Å². The van der Waals surface area contributed by atoms with E-state index in [9.17, 15) is 9.18 Å². The van der Waals surface area contributed by atoms with Gasteiger partial charge in [-0.25, -0.2) is 4.39 Å². The molecule has 2 rings (SSSR count). The second-order valence-corrected chi connectivity index (χ2v) is 5.36. The minimum absolute atomic E-state index is 0.168. The topological polar surface area (TPSA) is 44.1 Å². The van der Waals surface area contributed by atoms with Crippen LogP contribution < -0.4 is 0 Å². The first kappa shape index (κ1) is 15.2. The van der Waals surface area contributed by atoms with E-state index in [4.69, 9.17) is 5.26 Å². The van der Waals surface area contributed by atoms with E-state index in [0.29, 0.717) is 12.1 Å². The Kier molecular flexibility index (Phi) is 4.71. The van der Waals surface area contributed by atoms with Crippen LogP contribution in [0.5, 0.6) is 0 Å². The van der Waals surface area contributed by atoms with E-state index in [2.05, 4.69) is 15.9 Å². The molecule has 0 aliphatic heterocycles. The van der Waals surface area contributed by atoms with Crippen molar-refractivity contribution in [3.8, 4) is 6.07 Å². The molecule has 0 aromatic heterocycles. The molecule has 0 bridgehead atoms. The Morgan fingerprint density at radius 2 is 1.95 bits per heavy atom. The van der Waals surface area contributed by atoms with Gasteiger partial charge in [0, 0.05) is 13.6 Å². The van der Waals surface area contributed by atoms with E-state index in [1.807, 2.05) is 6.07 Å². The number of hydrogen-bond donors (Lipinski definition) is 0. The zero-order chi connectivity index (χ0) is 15.4. The zero-order valence-electron chi connectivity index (χ0n) is 11.3.